The fourth-order valence-electron chi connectivity index (χ4n) is 4.44. The molecule has 1 unspecified atom stereocenters. The number of guanidine groups is 1. The Bertz CT molecular complexity index is 586. The first-order valence-corrected chi connectivity index (χ1v) is 11.3. The molecule has 29 heavy (non-hydrogen) atoms. The van der Waals surface area contributed by atoms with Gasteiger partial charge >= 0.3 is 0 Å². The Kier molecular flexibility index (Phi) is 11.3. The third-order valence-corrected chi connectivity index (χ3v) is 6.21. The Labute approximate surface area is 194 Å². The molecule has 164 valence electrons. The lowest BCUT2D eigenvalue weighted by molar-refractivity contribution is 0.203. The van der Waals surface area contributed by atoms with Crippen LogP contribution in [0.5, 0.6) is 0 Å². The molecule has 3 rings (SSSR count). The van der Waals surface area contributed by atoms with Gasteiger partial charge in [-0.3, -0.25) is 9.89 Å². The first kappa shape index (κ1) is 24.4. The van der Waals surface area contributed by atoms with Crippen LogP contribution in [0.25, 0.3) is 0 Å². The summed E-state index contributed by atoms with van der Waals surface area (Å²) in [5.41, 5.74) is 1.41. The van der Waals surface area contributed by atoms with Crippen molar-refractivity contribution in [2.75, 3.05) is 39.8 Å². The van der Waals surface area contributed by atoms with Crippen molar-refractivity contribution < 1.29 is 0 Å². The minimum Gasteiger partial charge on any atom is -0.355 e. The van der Waals surface area contributed by atoms with Crippen LogP contribution in [0.1, 0.15) is 51.0 Å². The van der Waals surface area contributed by atoms with Crippen molar-refractivity contribution in [1.29, 1.82) is 0 Å². The molecule has 2 saturated heterocycles. The Morgan fingerprint density at radius 1 is 1.10 bits per heavy atom. The Balaban J connectivity index is 0.00000300. The molecular weight excluding hydrogens is 473 g/mol. The molecule has 0 radical (unpaired) electrons. The molecule has 1 atom stereocenters. The maximum absolute atomic E-state index is 4.48. The second-order valence-corrected chi connectivity index (χ2v) is 8.32. The highest BCUT2D eigenvalue weighted by molar-refractivity contribution is 14.0. The number of aliphatic imine (C=N–C) groups is 1. The molecule has 0 saturated carbocycles. The van der Waals surface area contributed by atoms with E-state index in [0.29, 0.717) is 12.1 Å². The van der Waals surface area contributed by atoms with Crippen LogP contribution in [0.3, 0.4) is 0 Å². The number of nitrogens with one attached hydrogen (secondary N) is 2. The standard InChI is InChI=1S/C23H39N5.HI/c1-3-4-14-27-16-12-21(13-17-27)26-23(24-2)25-18-22-11-8-15-28(22)19-20-9-6-5-7-10-20;/h5-7,9-10,21-22H,3-4,8,11-19H2,1-2H3,(H2,24,25,26);1H. The molecular formula is C23H40IN5. The minimum absolute atomic E-state index is 0. The van der Waals surface area contributed by atoms with Gasteiger partial charge in [0.05, 0.1) is 0 Å². The number of halogens is 1. The van der Waals surface area contributed by atoms with Gasteiger partial charge in [0.15, 0.2) is 5.96 Å². The van der Waals surface area contributed by atoms with Crippen LogP contribution in [0, 0.1) is 0 Å². The van der Waals surface area contributed by atoms with Crippen molar-refractivity contribution >= 4 is 29.9 Å². The van der Waals surface area contributed by atoms with Crippen LogP contribution < -0.4 is 10.6 Å². The number of rotatable bonds is 8. The van der Waals surface area contributed by atoms with Crippen molar-refractivity contribution in [1.82, 2.24) is 20.4 Å². The Morgan fingerprint density at radius 3 is 2.55 bits per heavy atom. The smallest absolute Gasteiger partial charge is 0.191 e. The normalized spacial score (nSPS) is 21.7. The number of piperidine rings is 1. The molecule has 0 spiro atoms. The van der Waals surface area contributed by atoms with Gasteiger partial charge in [0.25, 0.3) is 0 Å². The van der Waals surface area contributed by atoms with E-state index in [2.05, 4.69) is 62.7 Å². The summed E-state index contributed by atoms with van der Waals surface area (Å²) in [6.07, 6.45) is 7.61. The van der Waals surface area contributed by atoms with Gasteiger partial charge in [-0.2, -0.15) is 0 Å². The molecule has 0 bridgehead atoms. The van der Waals surface area contributed by atoms with Gasteiger partial charge in [-0.1, -0.05) is 43.7 Å². The van der Waals surface area contributed by atoms with Crippen LogP contribution in [-0.4, -0.2) is 67.6 Å². The molecule has 0 aromatic heterocycles. The monoisotopic (exact) mass is 513 g/mol. The maximum atomic E-state index is 4.48. The summed E-state index contributed by atoms with van der Waals surface area (Å²) in [4.78, 5) is 9.70. The summed E-state index contributed by atoms with van der Waals surface area (Å²) >= 11 is 0. The van der Waals surface area contributed by atoms with Gasteiger partial charge < -0.3 is 15.5 Å². The van der Waals surface area contributed by atoms with E-state index in [1.54, 1.807) is 0 Å². The Hall–Kier alpha value is -0.860. The molecule has 2 N–H and O–H groups in total. The predicted octanol–water partition coefficient (Wildman–Crippen LogP) is 3.70. The third-order valence-electron chi connectivity index (χ3n) is 6.21. The second-order valence-electron chi connectivity index (χ2n) is 8.32. The van der Waals surface area contributed by atoms with E-state index < -0.39 is 0 Å². The molecule has 2 aliphatic rings. The Morgan fingerprint density at radius 2 is 1.86 bits per heavy atom. The van der Waals surface area contributed by atoms with Crippen molar-refractivity contribution in [2.45, 2.75) is 64.1 Å². The van der Waals surface area contributed by atoms with Crippen LogP contribution in [-0.2, 0) is 6.54 Å². The van der Waals surface area contributed by atoms with Crippen LogP contribution in [0.2, 0.25) is 0 Å². The third kappa shape index (κ3) is 8.06. The second kappa shape index (κ2) is 13.4. The van der Waals surface area contributed by atoms with Gasteiger partial charge in [-0.05, 0) is 50.8 Å². The van der Waals surface area contributed by atoms with E-state index >= 15 is 0 Å². The highest BCUT2D eigenvalue weighted by Crippen LogP contribution is 2.19. The molecule has 0 aliphatic carbocycles. The lowest BCUT2D eigenvalue weighted by Gasteiger charge is -2.33. The van der Waals surface area contributed by atoms with Crippen LogP contribution in [0.15, 0.2) is 35.3 Å². The summed E-state index contributed by atoms with van der Waals surface area (Å²) < 4.78 is 0. The number of hydrogen-bond acceptors (Lipinski definition) is 3. The number of likely N-dealkylation sites (tertiary alicyclic amines) is 2. The van der Waals surface area contributed by atoms with Gasteiger partial charge in [-0.15, -0.1) is 24.0 Å². The summed E-state index contributed by atoms with van der Waals surface area (Å²) in [6.45, 7) is 9.18. The zero-order valence-electron chi connectivity index (χ0n) is 18.3. The molecule has 2 aliphatic heterocycles. The van der Waals surface area contributed by atoms with Crippen molar-refractivity contribution in [3.05, 3.63) is 35.9 Å². The number of hydrogen-bond donors (Lipinski definition) is 2. The summed E-state index contributed by atoms with van der Waals surface area (Å²) in [7, 11) is 1.89. The van der Waals surface area contributed by atoms with Gasteiger partial charge in [-0.25, -0.2) is 0 Å². The molecule has 1 aromatic rings. The molecule has 2 fully saturated rings. The lowest BCUT2D eigenvalue weighted by Crippen LogP contribution is -2.50. The fraction of sp³-hybridized carbons (Fsp3) is 0.696. The van der Waals surface area contributed by atoms with E-state index in [1.165, 1.54) is 70.3 Å². The molecule has 1 aromatic carbocycles. The van der Waals surface area contributed by atoms with Gasteiger partial charge in [0.2, 0.25) is 0 Å². The van der Waals surface area contributed by atoms with E-state index in [-0.39, 0.29) is 24.0 Å². The van der Waals surface area contributed by atoms with Crippen molar-refractivity contribution in [3.8, 4) is 0 Å². The number of unbranched alkanes of at least 4 members (excludes halogenated alkanes) is 1. The largest absolute Gasteiger partial charge is 0.355 e. The zero-order chi connectivity index (χ0) is 19.6. The van der Waals surface area contributed by atoms with Gasteiger partial charge in [0.1, 0.15) is 0 Å². The van der Waals surface area contributed by atoms with Crippen LogP contribution in [0.4, 0.5) is 0 Å². The molecule has 5 nitrogen and oxygen atoms in total. The average molecular weight is 514 g/mol. The highest BCUT2D eigenvalue weighted by Gasteiger charge is 2.25. The highest BCUT2D eigenvalue weighted by atomic mass is 127. The van der Waals surface area contributed by atoms with Crippen molar-refractivity contribution in [3.63, 3.8) is 0 Å². The summed E-state index contributed by atoms with van der Waals surface area (Å²) in [5.74, 6) is 0.971. The first-order chi connectivity index (χ1) is 13.8. The quantitative estimate of drug-likeness (QED) is 0.316. The molecule has 6 heteroatoms. The van der Waals surface area contributed by atoms with Crippen molar-refractivity contribution in [2.24, 2.45) is 4.99 Å². The summed E-state index contributed by atoms with van der Waals surface area (Å²) in [6, 6.07) is 12.0. The molecule has 0 amide bonds. The van der Waals surface area contributed by atoms with E-state index in [1.807, 2.05) is 7.05 Å². The predicted molar refractivity (Wildman–Crippen MR) is 134 cm³/mol. The minimum atomic E-state index is 0. The van der Waals surface area contributed by atoms with E-state index in [4.69, 9.17) is 0 Å². The maximum Gasteiger partial charge on any atom is 0.191 e. The number of nitrogens with zero attached hydrogens (tertiary/aromatic N) is 3. The average Bonchev–Trinajstić information content (AvgIpc) is 3.18. The lowest BCUT2D eigenvalue weighted by atomic mass is 10.0. The first-order valence-electron chi connectivity index (χ1n) is 11.3. The van der Waals surface area contributed by atoms with Crippen LogP contribution >= 0.6 is 24.0 Å². The summed E-state index contributed by atoms with van der Waals surface area (Å²) in [5, 5.41) is 7.27. The van der Waals surface area contributed by atoms with Gasteiger partial charge in [0, 0.05) is 45.3 Å². The zero-order valence-corrected chi connectivity index (χ0v) is 20.6. The SMILES string of the molecule is CCCCN1CCC(NC(=NC)NCC2CCCN2Cc2ccccc2)CC1.I. The topological polar surface area (TPSA) is 42.9 Å². The van der Waals surface area contributed by atoms with E-state index in [9.17, 15) is 0 Å². The fourth-order valence-corrected chi connectivity index (χ4v) is 4.44. The number of benzene rings is 1. The molecule has 2 heterocycles. The van der Waals surface area contributed by atoms with E-state index in [0.717, 1.165) is 19.0 Å².